The zero-order valence-electron chi connectivity index (χ0n) is 16.4. The molecule has 152 valence electrons. The van der Waals surface area contributed by atoms with Gasteiger partial charge in [0.15, 0.2) is 0 Å². The van der Waals surface area contributed by atoms with Gasteiger partial charge in [0.1, 0.15) is 0 Å². The summed E-state index contributed by atoms with van der Waals surface area (Å²) in [6.07, 6.45) is 0.127. The molecule has 3 N–H and O–H groups in total. The molecule has 0 saturated carbocycles. The molecule has 0 aliphatic carbocycles. The highest BCUT2D eigenvalue weighted by molar-refractivity contribution is 7.10. The van der Waals surface area contributed by atoms with Gasteiger partial charge in [-0.15, -0.1) is 11.3 Å². The summed E-state index contributed by atoms with van der Waals surface area (Å²) >= 11 is 1.53. The van der Waals surface area contributed by atoms with E-state index >= 15 is 0 Å². The Morgan fingerprint density at radius 2 is 1.77 bits per heavy atom. The summed E-state index contributed by atoms with van der Waals surface area (Å²) in [5.41, 5.74) is 8.07. The molecule has 0 radical (unpaired) electrons. The van der Waals surface area contributed by atoms with Crippen molar-refractivity contribution in [2.24, 2.45) is 11.7 Å². The summed E-state index contributed by atoms with van der Waals surface area (Å²) in [5, 5.41) is 4.83. The highest BCUT2D eigenvalue weighted by atomic mass is 32.1. The Labute approximate surface area is 178 Å². The van der Waals surface area contributed by atoms with Crippen molar-refractivity contribution < 1.29 is 14.4 Å². The Kier molecular flexibility index (Phi) is 5.37. The van der Waals surface area contributed by atoms with E-state index in [-0.39, 0.29) is 24.3 Å². The van der Waals surface area contributed by atoms with E-state index in [9.17, 15) is 14.4 Å². The number of carbonyl (C=O) groups is 3. The van der Waals surface area contributed by atoms with E-state index in [1.54, 1.807) is 29.2 Å². The maximum atomic E-state index is 13.1. The summed E-state index contributed by atoms with van der Waals surface area (Å²) in [7, 11) is 0. The van der Waals surface area contributed by atoms with Crippen molar-refractivity contribution in [2.75, 3.05) is 10.2 Å². The van der Waals surface area contributed by atoms with Crippen LogP contribution in [0.2, 0.25) is 0 Å². The number of nitrogens with one attached hydrogen (secondary N) is 1. The van der Waals surface area contributed by atoms with Crippen molar-refractivity contribution in [3.05, 3.63) is 82.0 Å². The van der Waals surface area contributed by atoms with Crippen LogP contribution in [0.4, 0.5) is 11.4 Å². The number of benzene rings is 2. The van der Waals surface area contributed by atoms with Gasteiger partial charge < -0.3 is 16.0 Å². The molecule has 2 heterocycles. The van der Waals surface area contributed by atoms with Crippen LogP contribution in [0.15, 0.2) is 66.0 Å². The van der Waals surface area contributed by atoms with E-state index in [2.05, 4.69) is 5.32 Å². The number of carbonyl (C=O) groups excluding carboxylic acids is 3. The lowest BCUT2D eigenvalue weighted by Crippen LogP contribution is -2.32. The van der Waals surface area contributed by atoms with Crippen LogP contribution in [0.5, 0.6) is 0 Å². The molecule has 2 atom stereocenters. The summed E-state index contributed by atoms with van der Waals surface area (Å²) in [6.45, 7) is 1.99. The number of aryl methyl sites for hydroxylation is 1. The quantitative estimate of drug-likeness (QED) is 0.657. The lowest BCUT2D eigenvalue weighted by Gasteiger charge is -2.27. The van der Waals surface area contributed by atoms with Crippen LogP contribution < -0.4 is 16.0 Å². The summed E-state index contributed by atoms with van der Waals surface area (Å²) < 4.78 is 0. The third-order valence-corrected chi connectivity index (χ3v) is 6.19. The van der Waals surface area contributed by atoms with Crippen LogP contribution in [0, 0.1) is 12.8 Å². The SMILES string of the molecule is Cc1ccc(N2C(=O)CC(C(=O)Nc3ccc(C(N)=O)cc3)C2c2cccs2)cc1. The number of hydrogen-bond acceptors (Lipinski definition) is 4. The molecule has 0 bridgehead atoms. The second-order valence-corrected chi connectivity index (χ2v) is 8.28. The Balaban J connectivity index is 1.62. The number of anilines is 2. The molecule has 6 nitrogen and oxygen atoms in total. The van der Waals surface area contributed by atoms with E-state index in [0.29, 0.717) is 11.3 Å². The molecule has 4 rings (SSSR count). The number of thiophene rings is 1. The van der Waals surface area contributed by atoms with Gasteiger partial charge in [-0.1, -0.05) is 23.8 Å². The average Bonchev–Trinajstić information content (AvgIpc) is 3.37. The number of nitrogens with two attached hydrogens (primary N) is 1. The standard InChI is InChI=1S/C23H21N3O3S/c1-14-4-10-17(11-5-14)26-20(27)13-18(21(26)19-3-2-12-30-19)23(29)25-16-8-6-15(7-9-16)22(24)28/h2-12,18,21H,13H2,1H3,(H2,24,28)(H,25,29). The van der Waals surface area contributed by atoms with Crippen molar-refractivity contribution in [2.45, 2.75) is 19.4 Å². The zero-order valence-corrected chi connectivity index (χ0v) is 17.2. The van der Waals surface area contributed by atoms with E-state index in [1.807, 2.05) is 48.7 Å². The second kappa shape index (κ2) is 8.12. The summed E-state index contributed by atoms with van der Waals surface area (Å²) in [4.78, 5) is 40.0. The van der Waals surface area contributed by atoms with Crippen molar-refractivity contribution in [3.8, 4) is 0 Å². The fourth-order valence-electron chi connectivity index (χ4n) is 3.72. The van der Waals surface area contributed by atoms with E-state index in [4.69, 9.17) is 5.73 Å². The Hall–Kier alpha value is -3.45. The molecule has 2 aromatic carbocycles. The van der Waals surface area contributed by atoms with Gasteiger partial charge in [-0.25, -0.2) is 0 Å². The van der Waals surface area contributed by atoms with Gasteiger partial charge in [-0.05, 0) is 54.8 Å². The molecule has 2 unspecified atom stereocenters. The van der Waals surface area contributed by atoms with Crippen molar-refractivity contribution >= 4 is 40.4 Å². The molecular weight excluding hydrogens is 398 g/mol. The number of primary amides is 1. The van der Waals surface area contributed by atoms with Crippen LogP contribution in [0.3, 0.4) is 0 Å². The molecule has 3 aromatic rings. The van der Waals surface area contributed by atoms with E-state index in [1.165, 1.54) is 11.3 Å². The highest BCUT2D eigenvalue weighted by Crippen LogP contribution is 2.43. The fourth-order valence-corrected chi connectivity index (χ4v) is 4.60. The first-order valence-corrected chi connectivity index (χ1v) is 10.4. The molecule has 1 saturated heterocycles. The first-order valence-electron chi connectivity index (χ1n) is 9.57. The third-order valence-electron chi connectivity index (χ3n) is 5.24. The topological polar surface area (TPSA) is 92.5 Å². The molecule has 1 aromatic heterocycles. The molecule has 1 fully saturated rings. The van der Waals surface area contributed by atoms with Gasteiger partial charge in [-0.3, -0.25) is 14.4 Å². The van der Waals surface area contributed by atoms with Crippen LogP contribution in [-0.2, 0) is 9.59 Å². The zero-order chi connectivity index (χ0) is 21.3. The smallest absolute Gasteiger partial charge is 0.248 e. The largest absolute Gasteiger partial charge is 0.366 e. The second-order valence-electron chi connectivity index (χ2n) is 7.30. The third kappa shape index (κ3) is 3.84. The predicted molar refractivity (Wildman–Crippen MR) is 117 cm³/mol. The van der Waals surface area contributed by atoms with Gasteiger partial charge in [0, 0.05) is 28.2 Å². The average molecular weight is 420 g/mol. The molecule has 30 heavy (non-hydrogen) atoms. The van der Waals surface area contributed by atoms with Gasteiger partial charge in [0.25, 0.3) is 0 Å². The maximum absolute atomic E-state index is 13.1. The molecule has 7 heteroatoms. The van der Waals surface area contributed by atoms with Crippen LogP contribution in [0.1, 0.15) is 33.3 Å². The van der Waals surface area contributed by atoms with Gasteiger partial charge in [0.05, 0.1) is 12.0 Å². The summed E-state index contributed by atoms with van der Waals surface area (Å²) in [5.74, 6) is -1.38. The Bertz CT molecular complexity index is 1080. The number of hydrogen-bond donors (Lipinski definition) is 2. The predicted octanol–water partition coefficient (Wildman–Crippen LogP) is 3.89. The Morgan fingerprint density at radius 3 is 2.37 bits per heavy atom. The minimum Gasteiger partial charge on any atom is -0.366 e. The summed E-state index contributed by atoms with van der Waals surface area (Å²) in [6, 6.07) is 17.6. The van der Waals surface area contributed by atoms with E-state index in [0.717, 1.165) is 16.1 Å². The molecule has 3 amide bonds. The lowest BCUT2D eigenvalue weighted by atomic mass is 9.97. The maximum Gasteiger partial charge on any atom is 0.248 e. The monoisotopic (exact) mass is 419 g/mol. The Morgan fingerprint density at radius 1 is 1.07 bits per heavy atom. The minimum atomic E-state index is -0.534. The molecular formula is C23H21N3O3S. The van der Waals surface area contributed by atoms with Crippen LogP contribution in [0.25, 0.3) is 0 Å². The normalized spacial score (nSPS) is 18.4. The van der Waals surface area contributed by atoms with Crippen LogP contribution in [-0.4, -0.2) is 17.7 Å². The number of nitrogens with zero attached hydrogens (tertiary/aromatic N) is 1. The minimum absolute atomic E-state index is 0.0820. The molecule has 1 aliphatic rings. The first kappa shape index (κ1) is 19.8. The molecule has 0 spiro atoms. The molecule has 1 aliphatic heterocycles. The van der Waals surface area contributed by atoms with Crippen molar-refractivity contribution in [1.82, 2.24) is 0 Å². The van der Waals surface area contributed by atoms with Gasteiger partial charge >= 0.3 is 0 Å². The number of rotatable bonds is 5. The van der Waals surface area contributed by atoms with Crippen LogP contribution >= 0.6 is 11.3 Å². The van der Waals surface area contributed by atoms with E-state index < -0.39 is 11.8 Å². The van der Waals surface area contributed by atoms with Gasteiger partial charge in [-0.2, -0.15) is 0 Å². The highest BCUT2D eigenvalue weighted by Gasteiger charge is 2.45. The van der Waals surface area contributed by atoms with Gasteiger partial charge in [0.2, 0.25) is 17.7 Å². The first-order chi connectivity index (χ1) is 14.4. The van der Waals surface area contributed by atoms with Crippen molar-refractivity contribution in [1.29, 1.82) is 0 Å². The number of amides is 3. The van der Waals surface area contributed by atoms with Crippen molar-refractivity contribution in [3.63, 3.8) is 0 Å². The fraction of sp³-hybridized carbons (Fsp3) is 0.174. The lowest BCUT2D eigenvalue weighted by molar-refractivity contribution is -0.122.